The maximum Gasteiger partial charge on any atom is 0.244 e. The number of thiophene rings is 1. The Morgan fingerprint density at radius 3 is 2.13 bits per heavy atom. The van der Waals surface area contributed by atoms with E-state index >= 15 is 0 Å². The maximum atomic E-state index is 12.8. The van der Waals surface area contributed by atoms with E-state index in [1.165, 1.54) is 16.1 Å². The van der Waals surface area contributed by atoms with Crippen LogP contribution < -0.4 is 14.8 Å². The molecule has 158 valence electrons. The molecule has 0 unspecified atom stereocenters. The second kappa shape index (κ2) is 9.40. The first-order valence-corrected chi connectivity index (χ1v) is 10.4. The number of benzene rings is 2. The molecule has 0 bridgehead atoms. The topological polar surface area (TPSA) is 91.2 Å². The third kappa shape index (κ3) is 4.89. The van der Waals surface area contributed by atoms with Crippen LogP contribution >= 0.6 is 11.3 Å². The fourth-order valence-electron chi connectivity index (χ4n) is 3.10. The third-order valence-corrected chi connectivity index (χ3v) is 5.55. The number of hydrogen-bond acceptors (Lipinski definition) is 7. The molecule has 0 radical (unpaired) electrons. The summed E-state index contributed by atoms with van der Waals surface area (Å²) in [6.07, 6.45) is 0. The lowest BCUT2D eigenvalue weighted by Crippen LogP contribution is -2.32. The fourth-order valence-corrected chi connectivity index (χ4v) is 3.75. The minimum Gasteiger partial charge on any atom is -0.497 e. The Hall–Kier alpha value is -3.72. The molecule has 4 aromatic rings. The molecule has 0 saturated carbocycles. The zero-order valence-electron chi connectivity index (χ0n) is 17.1. The van der Waals surface area contributed by atoms with Crippen LogP contribution in [0.2, 0.25) is 0 Å². The number of aromatic nitrogens is 4. The Labute approximate surface area is 183 Å². The average molecular weight is 436 g/mol. The van der Waals surface area contributed by atoms with Gasteiger partial charge in [-0.25, -0.2) is 0 Å². The standard InChI is InChI=1S/C22H21N5O3S/c1-29-17-9-5-15(6-10-17)21(16-7-11-18(30-2)12-8-16)23-20(28)14-27-25-22(24-26-27)19-4-3-13-31-19/h3-13,21H,14H2,1-2H3,(H,23,28). The van der Waals surface area contributed by atoms with Crippen molar-refractivity contribution in [2.24, 2.45) is 0 Å². The van der Waals surface area contributed by atoms with Crippen LogP contribution in [-0.4, -0.2) is 40.3 Å². The lowest BCUT2D eigenvalue weighted by Gasteiger charge is -2.20. The molecule has 4 rings (SSSR count). The fraction of sp³-hybridized carbons (Fsp3) is 0.182. The molecule has 2 aromatic carbocycles. The van der Waals surface area contributed by atoms with Crippen molar-refractivity contribution in [3.05, 3.63) is 77.2 Å². The summed E-state index contributed by atoms with van der Waals surface area (Å²) in [5.41, 5.74) is 1.84. The second-order valence-corrected chi connectivity index (χ2v) is 7.62. The van der Waals surface area contributed by atoms with Gasteiger partial charge in [0, 0.05) is 0 Å². The number of rotatable bonds is 8. The summed E-state index contributed by atoms with van der Waals surface area (Å²) in [6.45, 7) is -0.0405. The highest BCUT2D eigenvalue weighted by Crippen LogP contribution is 2.26. The van der Waals surface area contributed by atoms with E-state index in [1.807, 2.05) is 66.0 Å². The summed E-state index contributed by atoms with van der Waals surface area (Å²) in [4.78, 5) is 15.0. The Kier molecular flexibility index (Phi) is 6.23. The highest BCUT2D eigenvalue weighted by atomic mass is 32.1. The van der Waals surface area contributed by atoms with Crippen molar-refractivity contribution in [2.45, 2.75) is 12.6 Å². The summed E-state index contributed by atoms with van der Waals surface area (Å²) < 4.78 is 10.5. The quantitative estimate of drug-likeness (QED) is 0.457. The van der Waals surface area contributed by atoms with Crippen molar-refractivity contribution in [1.82, 2.24) is 25.5 Å². The average Bonchev–Trinajstić information content (AvgIpc) is 3.50. The second-order valence-electron chi connectivity index (χ2n) is 6.67. The van der Waals surface area contributed by atoms with E-state index in [1.54, 1.807) is 14.2 Å². The summed E-state index contributed by atoms with van der Waals surface area (Å²) in [6, 6.07) is 18.6. The van der Waals surface area contributed by atoms with Crippen LogP contribution in [0.4, 0.5) is 0 Å². The predicted octanol–water partition coefficient (Wildman–Crippen LogP) is 3.32. The van der Waals surface area contributed by atoms with E-state index in [2.05, 4.69) is 20.7 Å². The molecule has 0 aliphatic rings. The number of tetrazole rings is 1. The zero-order valence-corrected chi connectivity index (χ0v) is 17.9. The number of carbonyl (C=O) groups is 1. The first kappa shape index (κ1) is 20.5. The smallest absolute Gasteiger partial charge is 0.244 e. The Morgan fingerprint density at radius 2 is 1.61 bits per heavy atom. The number of hydrogen-bond donors (Lipinski definition) is 1. The monoisotopic (exact) mass is 435 g/mol. The Morgan fingerprint density at radius 1 is 1.00 bits per heavy atom. The first-order chi connectivity index (χ1) is 15.2. The van der Waals surface area contributed by atoms with Gasteiger partial charge >= 0.3 is 0 Å². The van der Waals surface area contributed by atoms with E-state index < -0.39 is 0 Å². The zero-order chi connectivity index (χ0) is 21.6. The molecule has 0 saturated heterocycles. The molecule has 8 nitrogen and oxygen atoms in total. The number of ether oxygens (including phenoxy) is 2. The highest BCUT2D eigenvalue weighted by Gasteiger charge is 2.19. The van der Waals surface area contributed by atoms with Crippen LogP contribution in [0, 0.1) is 0 Å². The summed E-state index contributed by atoms with van der Waals surface area (Å²) in [7, 11) is 3.24. The molecule has 0 fully saturated rings. The number of nitrogens with one attached hydrogen (secondary N) is 1. The maximum absolute atomic E-state index is 12.8. The van der Waals surface area contributed by atoms with Crippen LogP contribution in [0.15, 0.2) is 66.0 Å². The van der Waals surface area contributed by atoms with Crippen molar-refractivity contribution in [2.75, 3.05) is 14.2 Å². The molecule has 0 atom stereocenters. The minimum atomic E-state index is -0.357. The molecule has 9 heteroatoms. The van der Waals surface area contributed by atoms with Crippen molar-refractivity contribution < 1.29 is 14.3 Å². The van der Waals surface area contributed by atoms with E-state index in [-0.39, 0.29) is 18.5 Å². The van der Waals surface area contributed by atoms with Gasteiger partial charge in [0.1, 0.15) is 18.0 Å². The van der Waals surface area contributed by atoms with Gasteiger partial charge < -0.3 is 14.8 Å². The predicted molar refractivity (Wildman–Crippen MR) is 117 cm³/mol. The lowest BCUT2D eigenvalue weighted by atomic mass is 9.98. The minimum absolute atomic E-state index is 0.0405. The lowest BCUT2D eigenvalue weighted by molar-refractivity contribution is -0.122. The van der Waals surface area contributed by atoms with Crippen LogP contribution in [-0.2, 0) is 11.3 Å². The van der Waals surface area contributed by atoms with Crippen LogP contribution in [0.5, 0.6) is 11.5 Å². The molecule has 1 N–H and O–H groups in total. The van der Waals surface area contributed by atoms with Crippen molar-refractivity contribution >= 4 is 17.2 Å². The molecule has 2 heterocycles. The number of methoxy groups -OCH3 is 2. The van der Waals surface area contributed by atoms with E-state index in [0.717, 1.165) is 27.5 Å². The van der Waals surface area contributed by atoms with E-state index in [9.17, 15) is 4.79 Å². The number of carbonyl (C=O) groups excluding carboxylic acids is 1. The number of nitrogens with zero attached hydrogens (tertiary/aromatic N) is 4. The van der Waals surface area contributed by atoms with Gasteiger partial charge in [0.15, 0.2) is 0 Å². The Bertz CT molecular complexity index is 1080. The largest absolute Gasteiger partial charge is 0.497 e. The molecule has 31 heavy (non-hydrogen) atoms. The summed E-state index contributed by atoms with van der Waals surface area (Å²) >= 11 is 1.52. The molecular weight excluding hydrogens is 414 g/mol. The van der Waals surface area contributed by atoms with Gasteiger partial charge in [-0.1, -0.05) is 30.3 Å². The van der Waals surface area contributed by atoms with Crippen LogP contribution in [0.3, 0.4) is 0 Å². The molecule has 0 spiro atoms. The van der Waals surface area contributed by atoms with Crippen molar-refractivity contribution in [1.29, 1.82) is 0 Å². The van der Waals surface area contributed by atoms with E-state index in [4.69, 9.17) is 9.47 Å². The summed E-state index contributed by atoms with van der Waals surface area (Å²) in [5.74, 6) is 1.77. The van der Waals surface area contributed by atoms with Gasteiger partial charge in [-0.3, -0.25) is 4.79 Å². The number of amides is 1. The van der Waals surface area contributed by atoms with E-state index in [0.29, 0.717) is 5.82 Å². The molecule has 0 aliphatic heterocycles. The Balaban J connectivity index is 1.53. The van der Waals surface area contributed by atoms with Gasteiger partial charge in [-0.05, 0) is 52.1 Å². The van der Waals surface area contributed by atoms with Gasteiger partial charge in [-0.2, -0.15) is 4.80 Å². The van der Waals surface area contributed by atoms with Gasteiger partial charge in [0.2, 0.25) is 11.7 Å². The molecule has 0 aliphatic carbocycles. The molecular formula is C22H21N5O3S. The van der Waals surface area contributed by atoms with Crippen LogP contribution in [0.1, 0.15) is 17.2 Å². The van der Waals surface area contributed by atoms with Crippen molar-refractivity contribution in [3.8, 4) is 22.2 Å². The van der Waals surface area contributed by atoms with Crippen LogP contribution in [0.25, 0.3) is 10.7 Å². The third-order valence-electron chi connectivity index (χ3n) is 4.68. The molecule has 2 aromatic heterocycles. The summed E-state index contributed by atoms with van der Waals surface area (Å²) in [5, 5.41) is 17.3. The first-order valence-electron chi connectivity index (χ1n) is 9.55. The SMILES string of the molecule is COc1ccc(C(NC(=O)Cn2nnc(-c3cccs3)n2)c2ccc(OC)cc2)cc1. The van der Waals surface area contributed by atoms with Crippen molar-refractivity contribution in [3.63, 3.8) is 0 Å². The van der Waals surface area contributed by atoms with Gasteiger partial charge in [0.25, 0.3) is 0 Å². The highest BCUT2D eigenvalue weighted by molar-refractivity contribution is 7.13. The molecule has 1 amide bonds. The van der Waals surface area contributed by atoms with Gasteiger partial charge in [-0.15, -0.1) is 21.5 Å². The normalized spacial score (nSPS) is 10.8. The van der Waals surface area contributed by atoms with Gasteiger partial charge in [0.05, 0.1) is 25.1 Å².